The third-order valence-electron chi connectivity index (χ3n) is 4.29. The van der Waals surface area contributed by atoms with Gasteiger partial charge in [-0.3, -0.25) is 9.69 Å². The van der Waals surface area contributed by atoms with Crippen molar-refractivity contribution in [3.8, 4) is 0 Å². The molecule has 1 heterocycles. The molecule has 20 heavy (non-hydrogen) atoms. The molecular weight excluding hydrogens is 252 g/mol. The Hall–Kier alpha value is -1.84. The molecule has 108 valence electrons. The zero-order valence-electron chi connectivity index (χ0n) is 12.6. The van der Waals surface area contributed by atoms with Crippen LogP contribution >= 0.6 is 0 Å². The fraction of sp³-hybridized carbons (Fsp3) is 0.500. The van der Waals surface area contributed by atoms with Gasteiger partial charge >= 0.3 is 6.03 Å². The maximum atomic E-state index is 12.5. The average molecular weight is 274 g/mol. The molecule has 1 aliphatic heterocycles. The molecule has 4 heteroatoms. The summed E-state index contributed by atoms with van der Waals surface area (Å²) in [5.74, 6) is -0.103. The fourth-order valence-corrected chi connectivity index (χ4v) is 2.69. The number of urea groups is 1. The summed E-state index contributed by atoms with van der Waals surface area (Å²) in [7, 11) is 0. The van der Waals surface area contributed by atoms with Crippen molar-refractivity contribution in [2.75, 3.05) is 0 Å². The van der Waals surface area contributed by atoms with Gasteiger partial charge in [-0.1, -0.05) is 37.6 Å². The van der Waals surface area contributed by atoms with Crippen LogP contribution in [0.3, 0.4) is 0 Å². The van der Waals surface area contributed by atoms with Gasteiger partial charge in [0.25, 0.3) is 5.91 Å². The van der Waals surface area contributed by atoms with Gasteiger partial charge in [0.1, 0.15) is 5.54 Å². The minimum atomic E-state index is -0.713. The average Bonchev–Trinajstić information content (AvgIpc) is 2.67. The van der Waals surface area contributed by atoms with Crippen LogP contribution < -0.4 is 5.32 Å². The van der Waals surface area contributed by atoms with E-state index in [9.17, 15) is 9.59 Å². The van der Waals surface area contributed by atoms with Crippen LogP contribution in [0.15, 0.2) is 18.2 Å². The lowest BCUT2D eigenvalue weighted by Gasteiger charge is -2.23. The number of imide groups is 1. The number of hydrogen-bond donors (Lipinski definition) is 1. The molecule has 1 fully saturated rings. The highest BCUT2D eigenvalue weighted by atomic mass is 16.2. The summed E-state index contributed by atoms with van der Waals surface area (Å²) in [6.07, 6.45) is 1.24. The third kappa shape index (κ3) is 2.30. The zero-order chi connectivity index (χ0) is 14.9. The topological polar surface area (TPSA) is 49.4 Å². The van der Waals surface area contributed by atoms with Crippen LogP contribution in [0, 0.1) is 13.8 Å². The Morgan fingerprint density at radius 1 is 1.15 bits per heavy atom. The van der Waals surface area contributed by atoms with E-state index in [0.29, 0.717) is 19.4 Å². The minimum absolute atomic E-state index is 0.103. The highest BCUT2D eigenvalue weighted by Gasteiger charge is 2.48. The Morgan fingerprint density at radius 2 is 1.80 bits per heavy atom. The van der Waals surface area contributed by atoms with E-state index in [1.54, 1.807) is 0 Å². The molecule has 1 saturated heterocycles. The molecule has 2 rings (SSSR count). The van der Waals surface area contributed by atoms with Crippen LogP contribution in [0.1, 0.15) is 43.4 Å². The summed E-state index contributed by atoms with van der Waals surface area (Å²) in [5.41, 5.74) is 2.54. The number of nitrogens with zero attached hydrogens (tertiary/aromatic N) is 1. The van der Waals surface area contributed by atoms with Crippen LogP contribution in [-0.2, 0) is 11.3 Å². The summed E-state index contributed by atoms with van der Waals surface area (Å²) in [4.78, 5) is 26.0. The number of aryl methyl sites for hydroxylation is 2. The second-order valence-electron chi connectivity index (χ2n) is 5.54. The second kappa shape index (κ2) is 5.27. The summed E-state index contributed by atoms with van der Waals surface area (Å²) < 4.78 is 0. The van der Waals surface area contributed by atoms with Gasteiger partial charge in [-0.15, -0.1) is 0 Å². The molecule has 1 N–H and O–H groups in total. The molecule has 0 atom stereocenters. The lowest BCUT2D eigenvalue weighted by atomic mass is 9.93. The Bertz CT molecular complexity index is 547. The van der Waals surface area contributed by atoms with Crippen molar-refractivity contribution in [2.45, 2.75) is 52.6 Å². The van der Waals surface area contributed by atoms with Gasteiger partial charge in [-0.2, -0.15) is 0 Å². The van der Waals surface area contributed by atoms with Crippen molar-refractivity contribution >= 4 is 11.9 Å². The summed E-state index contributed by atoms with van der Waals surface area (Å²) >= 11 is 0. The smallest absolute Gasteiger partial charge is 0.323 e. The zero-order valence-corrected chi connectivity index (χ0v) is 12.6. The number of hydrogen-bond acceptors (Lipinski definition) is 2. The predicted octanol–water partition coefficient (Wildman–Crippen LogP) is 2.91. The van der Waals surface area contributed by atoms with Crippen molar-refractivity contribution < 1.29 is 9.59 Å². The number of carbonyl (C=O) groups is 2. The molecule has 0 spiro atoms. The van der Waals surface area contributed by atoms with E-state index in [1.165, 1.54) is 4.90 Å². The first-order valence-electron chi connectivity index (χ1n) is 7.13. The fourth-order valence-electron chi connectivity index (χ4n) is 2.69. The van der Waals surface area contributed by atoms with Crippen LogP contribution in [0.4, 0.5) is 4.79 Å². The van der Waals surface area contributed by atoms with Gasteiger partial charge in [0.05, 0.1) is 6.54 Å². The van der Waals surface area contributed by atoms with E-state index in [4.69, 9.17) is 0 Å². The molecule has 1 aromatic carbocycles. The summed E-state index contributed by atoms with van der Waals surface area (Å²) in [5, 5.41) is 2.86. The Morgan fingerprint density at radius 3 is 2.35 bits per heavy atom. The lowest BCUT2D eigenvalue weighted by molar-refractivity contribution is -0.132. The van der Waals surface area contributed by atoms with E-state index in [1.807, 2.05) is 45.9 Å². The molecule has 1 aliphatic rings. The highest BCUT2D eigenvalue weighted by Crippen LogP contribution is 2.26. The quantitative estimate of drug-likeness (QED) is 0.858. The number of nitrogens with one attached hydrogen (secondary N) is 1. The number of benzene rings is 1. The number of amides is 3. The van der Waals surface area contributed by atoms with Gasteiger partial charge in [0.2, 0.25) is 0 Å². The predicted molar refractivity (Wildman–Crippen MR) is 78.3 cm³/mol. The molecule has 0 aromatic heterocycles. The standard InChI is InChI=1S/C16H22N2O2/c1-5-16(6-2)14(19)18(15(20)17-16)10-13-9-11(3)7-8-12(13)4/h7-9H,5-6,10H2,1-4H3,(H,17,20). The Labute approximate surface area is 120 Å². The van der Waals surface area contributed by atoms with Gasteiger partial charge in [-0.05, 0) is 37.8 Å². The van der Waals surface area contributed by atoms with Crippen molar-refractivity contribution in [3.63, 3.8) is 0 Å². The maximum Gasteiger partial charge on any atom is 0.325 e. The Kier molecular flexibility index (Phi) is 3.84. The molecular formula is C16H22N2O2. The molecule has 0 radical (unpaired) electrons. The minimum Gasteiger partial charge on any atom is -0.323 e. The third-order valence-corrected chi connectivity index (χ3v) is 4.29. The van der Waals surface area contributed by atoms with Crippen molar-refractivity contribution in [1.82, 2.24) is 10.2 Å². The monoisotopic (exact) mass is 274 g/mol. The Balaban J connectivity index is 2.28. The number of rotatable bonds is 4. The summed E-state index contributed by atoms with van der Waals surface area (Å²) in [6, 6.07) is 5.82. The van der Waals surface area contributed by atoms with E-state index >= 15 is 0 Å². The molecule has 0 bridgehead atoms. The van der Waals surface area contributed by atoms with Gasteiger partial charge in [0, 0.05) is 0 Å². The largest absolute Gasteiger partial charge is 0.325 e. The highest BCUT2D eigenvalue weighted by molar-refractivity contribution is 6.06. The molecule has 3 amide bonds. The van der Waals surface area contributed by atoms with E-state index in [0.717, 1.165) is 16.7 Å². The van der Waals surface area contributed by atoms with Crippen LogP contribution in [0.5, 0.6) is 0 Å². The second-order valence-corrected chi connectivity index (χ2v) is 5.54. The first-order chi connectivity index (χ1) is 9.43. The molecule has 4 nitrogen and oxygen atoms in total. The van der Waals surface area contributed by atoms with Crippen LogP contribution in [-0.4, -0.2) is 22.4 Å². The van der Waals surface area contributed by atoms with Crippen LogP contribution in [0.2, 0.25) is 0 Å². The molecule has 0 unspecified atom stereocenters. The van der Waals surface area contributed by atoms with E-state index in [-0.39, 0.29) is 11.9 Å². The molecule has 0 saturated carbocycles. The van der Waals surface area contributed by atoms with Gasteiger partial charge in [0.15, 0.2) is 0 Å². The normalized spacial score (nSPS) is 17.5. The van der Waals surface area contributed by atoms with E-state index in [2.05, 4.69) is 5.32 Å². The van der Waals surface area contributed by atoms with Crippen molar-refractivity contribution in [2.24, 2.45) is 0 Å². The van der Waals surface area contributed by atoms with Crippen molar-refractivity contribution in [1.29, 1.82) is 0 Å². The van der Waals surface area contributed by atoms with Gasteiger partial charge < -0.3 is 5.32 Å². The number of carbonyl (C=O) groups excluding carboxylic acids is 2. The summed E-state index contributed by atoms with van der Waals surface area (Å²) in [6.45, 7) is 8.23. The first-order valence-corrected chi connectivity index (χ1v) is 7.13. The molecule has 1 aromatic rings. The molecule has 0 aliphatic carbocycles. The lowest BCUT2D eigenvalue weighted by Crippen LogP contribution is -2.45. The van der Waals surface area contributed by atoms with Crippen LogP contribution in [0.25, 0.3) is 0 Å². The van der Waals surface area contributed by atoms with E-state index < -0.39 is 5.54 Å². The van der Waals surface area contributed by atoms with Gasteiger partial charge in [-0.25, -0.2) is 4.79 Å². The SMILES string of the molecule is CCC1(CC)NC(=O)N(Cc2cc(C)ccc2C)C1=O. The maximum absolute atomic E-state index is 12.5. The van der Waals surface area contributed by atoms with Crippen molar-refractivity contribution in [3.05, 3.63) is 34.9 Å². The first kappa shape index (κ1) is 14.6.